The van der Waals surface area contributed by atoms with Crippen LogP contribution >= 0.6 is 0 Å². The van der Waals surface area contributed by atoms with E-state index < -0.39 is 11.7 Å². The Morgan fingerprint density at radius 2 is 1.65 bits per heavy atom. The van der Waals surface area contributed by atoms with Crippen LogP contribution in [0.2, 0.25) is 0 Å². The standard InChI is InChI=1S/C26H29F2N3O3/c1-26(2,3)34-25(33)30-19-13-18(14-19)29-23(32)11-9-20-21-12-17(28)8-10-22(21)31-24(20)15-4-6-16(27)7-5-15/h4-8,10,12,18-19,31H,9,11,13-14H2,1-3H3,(H,29,32)(H,30,33)/t18-,19+. The largest absolute Gasteiger partial charge is 0.444 e. The first-order chi connectivity index (χ1) is 16.1. The van der Waals surface area contributed by atoms with Crippen molar-refractivity contribution in [3.8, 4) is 11.3 Å². The van der Waals surface area contributed by atoms with Gasteiger partial charge in [-0.2, -0.15) is 0 Å². The van der Waals surface area contributed by atoms with E-state index in [2.05, 4.69) is 15.6 Å². The van der Waals surface area contributed by atoms with Gasteiger partial charge in [-0.25, -0.2) is 13.6 Å². The van der Waals surface area contributed by atoms with E-state index in [1.165, 1.54) is 24.3 Å². The van der Waals surface area contributed by atoms with Crippen LogP contribution in [0.15, 0.2) is 42.5 Å². The zero-order valence-electron chi connectivity index (χ0n) is 19.5. The molecule has 0 unspecified atom stereocenters. The molecule has 1 heterocycles. The van der Waals surface area contributed by atoms with Gasteiger partial charge in [0.2, 0.25) is 5.91 Å². The van der Waals surface area contributed by atoms with Crippen LogP contribution in [-0.2, 0) is 16.0 Å². The highest BCUT2D eigenvalue weighted by Crippen LogP contribution is 2.32. The molecule has 180 valence electrons. The molecule has 1 saturated carbocycles. The van der Waals surface area contributed by atoms with E-state index in [1.54, 1.807) is 39.0 Å². The molecule has 0 saturated heterocycles. The summed E-state index contributed by atoms with van der Waals surface area (Å²) < 4.78 is 32.6. The Labute approximate surface area is 197 Å². The van der Waals surface area contributed by atoms with E-state index in [9.17, 15) is 18.4 Å². The van der Waals surface area contributed by atoms with Crippen molar-refractivity contribution in [3.05, 3.63) is 59.7 Å². The number of fused-ring (bicyclic) bond motifs is 1. The van der Waals surface area contributed by atoms with Crippen LogP contribution in [0, 0.1) is 11.6 Å². The molecule has 1 aliphatic carbocycles. The van der Waals surface area contributed by atoms with Gasteiger partial charge in [0.25, 0.3) is 0 Å². The van der Waals surface area contributed by atoms with E-state index in [0.29, 0.717) is 24.6 Å². The molecule has 2 amide bonds. The summed E-state index contributed by atoms with van der Waals surface area (Å²) in [5, 5.41) is 6.50. The summed E-state index contributed by atoms with van der Waals surface area (Å²) in [4.78, 5) is 27.7. The summed E-state index contributed by atoms with van der Waals surface area (Å²) in [5.74, 6) is -0.816. The lowest BCUT2D eigenvalue weighted by atomic mass is 9.86. The van der Waals surface area contributed by atoms with Crippen molar-refractivity contribution in [3.63, 3.8) is 0 Å². The van der Waals surface area contributed by atoms with Crippen LogP contribution in [-0.4, -0.2) is 34.7 Å². The molecule has 8 heteroatoms. The number of carbonyl (C=O) groups is 2. The Morgan fingerprint density at radius 1 is 1.00 bits per heavy atom. The topological polar surface area (TPSA) is 83.2 Å². The number of H-pyrrole nitrogens is 1. The van der Waals surface area contributed by atoms with E-state index in [0.717, 1.165) is 22.3 Å². The minimum atomic E-state index is -0.556. The number of rotatable bonds is 6. The number of nitrogens with one attached hydrogen (secondary N) is 3. The predicted molar refractivity (Wildman–Crippen MR) is 126 cm³/mol. The van der Waals surface area contributed by atoms with Gasteiger partial charge in [0.05, 0.1) is 0 Å². The number of aromatic amines is 1. The summed E-state index contributed by atoms with van der Waals surface area (Å²) in [5.41, 5.74) is 2.53. The summed E-state index contributed by atoms with van der Waals surface area (Å²) in [6, 6.07) is 10.5. The summed E-state index contributed by atoms with van der Waals surface area (Å²) in [7, 11) is 0. The fourth-order valence-electron chi connectivity index (χ4n) is 4.21. The third-order valence-electron chi connectivity index (χ3n) is 5.83. The molecule has 4 rings (SSSR count). The molecule has 0 bridgehead atoms. The third kappa shape index (κ3) is 5.73. The number of amides is 2. The quantitative estimate of drug-likeness (QED) is 0.463. The average molecular weight is 470 g/mol. The normalized spacial score (nSPS) is 17.8. The van der Waals surface area contributed by atoms with Gasteiger partial charge in [-0.3, -0.25) is 4.79 Å². The highest BCUT2D eigenvalue weighted by molar-refractivity contribution is 5.91. The first kappa shape index (κ1) is 23.7. The van der Waals surface area contributed by atoms with Crippen LogP contribution in [0.5, 0.6) is 0 Å². The Kier molecular flexibility index (Phi) is 6.59. The van der Waals surface area contributed by atoms with Crippen LogP contribution in [0.3, 0.4) is 0 Å². The van der Waals surface area contributed by atoms with Crippen molar-refractivity contribution in [1.82, 2.24) is 15.6 Å². The molecule has 1 aliphatic rings. The molecule has 0 aliphatic heterocycles. The molecule has 1 fully saturated rings. The molecule has 3 N–H and O–H groups in total. The molecule has 0 spiro atoms. The van der Waals surface area contributed by atoms with Gasteiger partial charge in [-0.05, 0) is 93.6 Å². The molecule has 3 aromatic rings. The third-order valence-corrected chi connectivity index (χ3v) is 5.83. The Morgan fingerprint density at radius 3 is 2.32 bits per heavy atom. The molecule has 34 heavy (non-hydrogen) atoms. The van der Waals surface area contributed by atoms with E-state index in [-0.39, 0.29) is 36.0 Å². The summed E-state index contributed by atoms with van der Waals surface area (Å²) >= 11 is 0. The zero-order chi connectivity index (χ0) is 24.5. The lowest BCUT2D eigenvalue weighted by Crippen LogP contribution is -2.54. The minimum absolute atomic E-state index is 0.00980. The van der Waals surface area contributed by atoms with Crippen molar-refractivity contribution in [2.75, 3.05) is 0 Å². The van der Waals surface area contributed by atoms with Gasteiger partial charge in [-0.15, -0.1) is 0 Å². The number of ether oxygens (including phenoxy) is 1. The molecular weight excluding hydrogens is 440 g/mol. The van der Waals surface area contributed by atoms with Crippen molar-refractivity contribution in [2.24, 2.45) is 0 Å². The Bertz CT molecular complexity index is 1190. The minimum Gasteiger partial charge on any atom is -0.444 e. The monoisotopic (exact) mass is 469 g/mol. The van der Waals surface area contributed by atoms with E-state index >= 15 is 0 Å². The van der Waals surface area contributed by atoms with Crippen molar-refractivity contribution in [1.29, 1.82) is 0 Å². The van der Waals surface area contributed by atoms with E-state index in [1.807, 2.05) is 0 Å². The fourth-order valence-corrected chi connectivity index (χ4v) is 4.21. The Balaban J connectivity index is 1.37. The van der Waals surface area contributed by atoms with Gasteiger partial charge >= 0.3 is 6.09 Å². The van der Waals surface area contributed by atoms with Gasteiger partial charge in [0.15, 0.2) is 0 Å². The first-order valence-electron chi connectivity index (χ1n) is 11.4. The van der Waals surface area contributed by atoms with Crippen molar-refractivity contribution in [2.45, 2.75) is 64.1 Å². The van der Waals surface area contributed by atoms with Gasteiger partial charge in [-0.1, -0.05) is 0 Å². The lowest BCUT2D eigenvalue weighted by Gasteiger charge is -2.36. The van der Waals surface area contributed by atoms with Crippen LogP contribution in [0.1, 0.15) is 45.6 Å². The van der Waals surface area contributed by atoms with Crippen molar-refractivity contribution < 1.29 is 23.1 Å². The number of alkyl carbamates (subject to hydrolysis) is 1. The predicted octanol–water partition coefficient (Wildman–Crippen LogP) is 5.22. The Hall–Kier alpha value is -3.42. The number of benzene rings is 2. The summed E-state index contributed by atoms with van der Waals surface area (Å²) in [6.07, 6.45) is 1.45. The highest BCUT2D eigenvalue weighted by atomic mass is 19.1. The number of aryl methyl sites for hydroxylation is 1. The van der Waals surface area contributed by atoms with Crippen LogP contribution in [0.25, 0.3) is 22.2 Å². The zero-order valence-corrected chi connectivity index (χ0v) is 19.5. The first-order valence-corrected chi connectivity index (χ1v) is 11.4. The molecule has 1 aromatic heterocycles. The van der Waals surface area contributed by atoms with Crippen molar-refractivity contribution >= 4 is 22.9 Å². The fraction of sp³-hybridized carbons (Fsp3) is 0.385. The van der Waals surface area contributed by atoms with Crippen LogP contribution in [0.4, 0.5) is 13.6 Å². The molecule has 0 atom stereocenters. The number of halogens is 2. The number of aromatic nitrogens is 1. The molecule has 6 nitrogen and oxygen atoms in total. The van der Waals surface area contributed by atoms with E-state index in [4.69, 9.17) is 4.74 Å². The van der Waals surface area contributed by atoms with Gasteiger partial charge in [0, 0.05) is 35.1 Å². The van der Waals surface area contributed by atoms with Crippen LogP contribution < -0.4 is 10.6 Å². The highest BCUT2D eigenvalue weighted by Gasteiger charge is 2.32. The van der Waals surface area contributed by atoms with Gasteiger partial charge in [0.1, 0.15) is 17.2 Å². The molecule has 2 aromatic carbocycles. The average Bonchev–Trinajstić information content (AvgIpc) is 3.07. The molecule has 0 radical (unpaired) electrons. The second kappa shape index (κ2) is 9.44. The lowest BCUT2D eigenvalue weighted by molar-refractivity contribution is -0.122. The maximum absolute atomic E-state index is 13.9. The van der Waals surface area contributed by atoms with Gasteiger partial charge < -0.3 is 20.4 Å². The number of carbonyl (C=O) groups excluding carboxylic acids is 2. The molecular formula is C26H29F2N3O3. The maximum Gasteiger partial charge on any atom is 0.407 e. The SMILES string of the molecule is CC(C)(C)OC(=O)N[C@H]1C[C@@H](NC(=O)CCc2c(-c3ccc(F)cc3)[nH]c3ccc(F)cc23)C1. The number of hydrogen-bond donors (Lipinski definition) is 3. The second-order valence-corrected chi connectivity index (χ2v) is 9.75. The maximum atomic E-state index is 13.9. The smallest absolute Gasteiger partial charge is 0.407 e. The number of hydrogen-bond acceptors (Lipinski definition) is 3. The second-order valence-electron chi connectivity index (χ2n) is 9.75. The summed E-state index contributed by atoms with van der Waals surface area (Å²) in [6.45, 7) is 5.42.